The number of halogens is 2. The lowest BCUT2D eigenvalue weighted by Crippen LogP contribution is -2.38. The van der Waals surface area contributed by atoms with Crippen molar-refractivity contribution in [3.05, 3.63) is 33.8 Å². The summed E-state index contributed by atoms with van der Waals surface area (Å²) in [5.41, 5.74) is 1.14. The summed E-state index contributed by atoms with van der Waals surface area (Å²) in [6.45, 7) is 0.328. The minimum absolute atomic E-state index is 0.0907. The lowest BCUT2D eigenvalue weighted by Gasteiger charge is -2.23. The molecule has 2 rings (SSSR count). The van der Waals surface area contributed by atoms with Crippen molar-refractivity contribution >= 4 is 40.7 Å². The first-order valence-corrected chi connectivity index (χ1v) is 7.18. The van der Waals surface area contributed by atoms with Crippen LogP contribution in [0.15, 0.2) is 23.3 Å². The first-order chi connectivity index (χ1) is 9.90. The smallest absolute Gasteiger partial charge is 0.270 e. The molecular formula is C14H15Cl2N3O2. The Morgan fingerprint density at radius 3 is 2.76 bits per heavy atom. The van der Waals surface area contributed by atoms with Crippen LogP contribution < -0.4 is 0 Å². The largest absolute Gasteiger partial charge is 0.336 e. The van der Waals surface area contributed by atoms with Crippen LogP contribution in [0.1, 0.15) is 18.4 Å². The van der Waals surface area contributed by atoms with Gasteiger partial charge in [-0.05, 0) is 11.6 Å². The molecule has 21 heavy (non-hydrogen) atoms. The minimum Gasteiger partial charge on any atom is -0.336 e. The van der Waals surface area contributed by atoms with Crippen molar-refractivity contribution in [3.63, 3.8) is 0 Å². The Hall–Kier alpha value is -1.59. The van der Waals surface area contributed by atoms with Gasteiger partial charge in [-0.3, -0.25) is 9.59 Å². The molecule has 112 valence electrons. The highest BCUT2D eigenvalue weighted by Crippen LogP contribution is 2.26. The monoisotopic (exact) mass is 327 g/mol. The average Bonchev–Trinajstić information content (AvgIpc) is 2.46. The second kappa shape index (κ2) is 6.45. The van der Waals surface area contributed by atoms with Crippen LogP contribution in [0, 0.1) is 0 Å². The fraction of sp³-hybridized carbons (Fsp3) is 0.357. The summed E-state index contributed by atoms with van der Waals surface area (Å²) in [4.78, 5) is 25.2. The maximum Gasteiger partial charge on any atom is 0.270 e. The molecule has 0 atom stereocenters. The van der Waals surface area contributed by atoms with Crippen LogP contribution in [0.25, 0.3) is 0 Å². The molecule has 0 aromatic heterocycles. The molecule has 0 bridgehead atoms. The van der Waals surface area contributed by atoms with Crippen molar-refractivity contribution < 1.29 is 9.59 Å². The SMILES string of the molecule is CN(Cc1cccc(Cl)c1Cl)C(=O)C1=NN(C)C(=O)CC1. The molecule has 0 saturated heterocycles. The number of amides is 2. The predicted molar refractivity (Wildman–Crippen MR) is 82.4 cm³/mol. The Morgan fingerprint density at radius 2 is 2.10 bits per heavy atom. The lowest BCUT2D eigenvalue weighted by molar-refractivity contribution is -0.130. The first-order valence-electron chi connectivity index (χ1n) is 6.42. The van der Waals surface area contributed by atoms with Crippen LogP contribution in [-0.4, -0.2) is 41.5 Å². The lowest BCUT2D eigenvalue weighted by atomic mass is 10.1. The average molecular weight is 328 g/mol. The second-order valence-electron chi connectivity index (χ2n) is 4.84. The number of carbonyl (C=O) groups is 2. The number of nitrogens with zero attached hydrogens (tertiary/aromatic N) is 3. The van der Waals surface area contributed by atoms with Gasteiger partial charge in [-0.2, -0.15) is 5.10 Å². The summed E-state index contributed by atoms with van der Waals surface area (Å²) in [5, 5.41) is 6.12. The van der Waals surface area contributed by atoms with Crippen molar-refractivity contribution in [1.29, 1.82) is 0 Å². The Morgan fingerprint density at radius 1 is 1.38 bits per heavy atom. The van der Waals surface area contributed by atoms with Crippen molar-refractivity contribution in [2.75, 3.05) is 14.1 Å². The highest BCUT2D eigenvalue weighted by molar-refractivity contribution is 6.42. The summed E-state index contributed by atoms with van der Waals surface area (Å²) in [6.07, 6.45) is 0.655. The van der Waals surface area contributed by atoms with E-state index < -0.39 is 0 Å². The van der Waals surface area contributed by atoms with E-state index in [4.69, 9.17) is 23.2 Å². The van der Waals surface area contributed by atoms with Crippen molar-refractivity contribution in [2.45, 2.75) is 19.4 Å². The number of rotatable bonds is 3. The Balaban J connectivity index is 2.12. The molecular weight excluding hydrogens is 313 g/mol. The summed E-state index contributed by atoms with van der Waals surface area (Å²) in [6, 6.07) is 5.30. The molecule has 1 aliphatic heterocycles. The molecule has 7 heteroatoms. The molecule has 0 N–H and O–H groups in total. The fourth-order valence-electron chi connectivity index (χ4n) is 2.04. The number of hydrogen-bond acceptors (Lipinski definition) is 3. The van der Waals surface area contributed by atoms with Gasteiger partial charge >= 0.3 is 0 Å². The number of carbonyl (C=O) groups excluding carboxylic acids is 2. The van der Waals surface area contributed by atoms with E-state index >= 15 is 0 Å². The molecule has 0 unspecified atom stereocenters. The molecule has 1 aromatic carbocycles. The Bertz CT molecular complexity index is 616. The van der Waals surface area contributed by atoms with Crippen LogP contribution in [0.3, 0.4) is 0 Å². The molecule has 0 aliphatic carbocycles. The molecule has 0 spiro atoms. The molecule has 1 aromatic rings. The van der Waals surface area contributed by atoms with Gasteiger partial charge < -0.3 is 4.90 Å². The van der Waals surface area contributed by atoms with E-state index in [9.17, 15) is 9.59 Å². The van der Waals surface area contributed by atoms with Gasteiger partial charge in [0.05, 0.1) is 10.0 Å². The summed E-state index contributed by atoms with van der Waals surface area (Å²) >= 11 is 12.1. The van der Waals surface area contributed by atoms with Gasteiger partial charge in [-0.1, -0.05) is 35.3 Å². The summed E-state index contributed by atoms with van der Waals surface area (Å²) in [5.74, 6) is -0.308. The molecule has 0 fully saturated rings. The van der Waals surface area contributed by atoms with E-state index in [0.29, 0.717) is 35.1 Å². The van der Waals surface area contributed by atoms with Crippen molar-refractivity contribution in [3.8, 4) is 0 Å². The predicted octanol–water partition coefficient (Wildman–Crippen LogP) is 2.56. The maximum atomic E-state index is 12.3. The minimum atomic E-state index is -0.217. The molecule has 0 saturated carbocycles. The third-order valence-corrected chi connectivity index (χ3v) is 4.10. The number of hydrazone groups is 1. The zero-order valence-corrected chi connectivity index (χ0v) is 13.3. The second-order valence-corrected chi connectivity index (χ2v) is 5.62. The zero-order chi connectivity index (χ0) is 15.6. The Labute approximate surface area is 133 Å². The summed E-state index contributed by atoms with van der Waals surface area (Å²) < 4.78 is 0. The molecule has 5 nitrogen and oxygen atoms in total. The van der Waals surface area contributed by atoms with Gasteiger partial charge in [0.1, 0.15) is 5.71 Å². The van der Waals surface area contributed by atoms with Gasteiger partial charge in [-0.25, -0.2) is 5.01 Å². The van der Waals surface area contributed by atoms with Crippen LogP contribution in [-0.2, 0) is 16.1 Å². The third kappa shape index (κ3) is 3.54. The van der Waals surface area contributed by atoms with Gasteiger partial charge in [0.25, 0.3) is 5.91 Å². The topological polar surface area (TPSA) is 53.0 Å². The molecule has 2 amide bonds. The van der Waals surface area contributed by atoms with Crippen molar-refractivity contribution in [2.24, 2.45) is 5.10 Å². The van der Waals surface area contributed by atoms with Crippen molar-refractivity contribution in [1.82, 2.24) is 9.91 Å². The Kier molecular flexibility index (Phi) is 4.85. The van der Waals surface area contributed by atoms with E-state index in [2.05, 4.69) is 5.10 Å². The highest BCUT2D eigenvalue weighted by Gasteiger charge is 2.24. The van der Waals surface area contributed by atoms with E-state index in [-0.39, 0.29) is 11.8 Å². The maximum absolute atomic E-state index is 12.3. The van der Waals surface area contributed by atoms with Gasteiger partial charge in [0, 0.05) is 33.5 Å². The van der Waals surface area contributed by atoms with Gasteiger partial charge in [0.2, 0.25) is 5.91 Å². The quantitative estimate of drug-likeness (QED) is 0.856. The van der Waals surface area contributed by atoms with Crippen LogP contribution in [0.4, 0.5) is 0 Å². The number of benzene rings is 1. The van der Waals surface area contributed by atoms with E-state index in [1.807, 2.05) is 6.07 Å². The highest BCUT2D eigenvalue weighted by atomic mass is 35.5. The molecule has 1 aliphatic rings. The van der Waals surface area contributed by atoms with Gasteiger partial charge in [0.15, 0.2) is 0 Å². The zero-order valence-electron chi connectivity index (χ0n) is 11.8. The van der Waals surface area contributed by atoms with Gasteiger partial charge in [-0.15, -0.1) is 0 Å². The van der Waals surface area contributed by atoms with Crippen LogP contribution >= 0.6 is 23.2 Å². The normalized spacial score (nSPS) is 15.0. The van der Waals surface area contributed by atoms with E-state index in [1.165, 1.54) is 9.91 Å². The van der Waals surface area contributed by atoms with E-state index in [0.717, 1.165) is 5.56 Å². The standard InChI is InChI=1S/C14H15Cl2N3O2/c1-18(8-9-4-3-5-10(15)13(9)16)14(21)11-6-7-12(20)19(2)17-11/h3-5H,6-8H2,1-2H3. The van der Waals surface area contributed by atoms with Crippen LogP contribution in [0.2, 0.25) is 10.0 Å². The number of hydrogen-bond donors (Lipinski definition) is 0. The fourth-order valence-corrected chi connectivity index (χ4v) is 2.42. The first kappa shape index (κ1) is 15.8. The third-order valence-electron chi connectivity index (χ3n) is 3.24. The molecule has 1 heterocycles. The summed E-state index contributed by atoms with van der Waals surface area (Å²) in [7, 11) is 3.21. The molecule has 0 radical (unpaired) electrons. The van der Waals surface area contributed by atoms with E-state index in [1.54, 1.807) is 26.2 Å². The van der Waals surface area contributed by atoms with Crippen LogP contribution in [0.5, 0.6) is 0 Å².